The Labute approximate surface area is 199 Å². The zero-order chi connectivity index (χ0) is 22.6. The second kappa shape index (κ2) is 10.1. The van der Waals surface area contributed by atoms with Gasteiger partial charge in [-0.3, -0.25) is 0 Å². The molecule has 0 aliphatic rings. The van der Waals surface area contributed by atoms with E-state index in [1.165, 1.54) is 12.1 Å². The van der Waals surface area contributed by atoms with Crippen LogP contribution in [0.15, 0.2) is 64.0 Å². The first-order valence-corrected chi connectivity index (χ1v) is 12.1. The van der Waals surface area contributed by atoms with Crippen LogP contribution in [0, 0.1) is 0 Å². The van der Waals surface area contributed by atoms with Crippen molar-refractivity contribution >= 4 is 54.8 Å². The Morgan fingerprint density at radius 2 is 1.71 bits per heavy atom. The summed E-state index contributed by atoms with van der Waals surface area (Å²) in [6.45, 7) is 0.655. The molecule has 3 rings (SSSR count). The minimum atomic E-state index is -3.72. The molecule has 0 atom stereocenters. The highest BCUT2D eigenvalue weighted by molar-refractivity contribution is 9.10. The average Bonchev–Trinajstić information content (AvgIpc) is 2.72. The fourth-order valence-corrected chi connectivity index (χ4v) is 4.42. The molecule has 31 heavy (non-hydrogen) atoms. The van der Waals surface area contributed by atoms with Crippen molar-refractivity contribution in [2.24, 2.45) is 5.14 Å². The summed E-state index contributed by atoms with van der Waals surface area (Å²) in [5.41, 5.74) is 2.35. The molecule has 0 spiro atoms. The lowest BCUT2D eigenvalue weighted by atomic mass is 10.2. The summed E-state index contributed by atoms with van der Waals surface area (Å²) in [5.74, 6) is 1.07. The monoisotopic (exact) mass is 544 g/mol. The van der Waals surface area contributed by atoms with Gasteiger partial charge in [0.15, 0.2) is 11.5 Å². The number of hydrogen-bond donors (Lipinski definition) is 2. The Balaban J connectivity index is 1.73. The fraction of sp³-hybridized carbons (Fsp3) is 0.143. The molecule has 0 saturated heterocycles. The molecule has 164 valence electrons. The summed E-state index contributed by atoms with van der Waals surface area (Å²) >= 11 is 16.0. The predicted molar refractivity (Wildman–Crippen MR) is 127 cm³/mol. The molecule has 10 heteroatoms. The third-order valence-corrected chi connectivity index (χ3v) is 6.62. The lowest BCUT2D eigenvalue weighted by Crippen LogP contribution is -2.12. The third-order valence-electron chi connectivity index (χ3n) is 4.39. The Bertz CT molecular complexity index is 1170. The highest BCUT2D eigenvalue weighted by atomic mass is 79.9. The Kier molecular flexibility index (Phi) is 7.72. The normalized spacial score (nSPS) is 11.3. The molecule has 0 aliphatic carbocycles. The van der Waals surface area contributed by atoms with Gasteiger partial charge >= 0.3 is 0 Å². The van der Waals surface area contributed by atoms with Crippen LogP contribution in [0.4, 0.5) is 5.69 Å². The molecule has 3 aromatic rings. The number of hydrogen-bond acceptors (Lipinski definition) is 5. The van der Waals surface area contributed by atoms with Crippen molar-refractivity contribution < 1.29 is 17.9 Å². The van der Waals surface area contributed by atoms with Crippen LogP contribution in [0.25, 0.3) is 0 Å². The fourth-order valence-electron chi connectivity index (χ4n) is 2.80. The molecule has 0 saturated carbocycles. The van der Waals surface area contributed by atoms with E-state index in [2.05, 4.69) is 21.2 Å². The first kappa shape index (κ1) is 23.7. The van der Waals surface area contributed by atoms with Gasteiger partial charge in [0.25, 0.3) is 0 Å². The summed E-state index contributed by atoms with van der Waals surface area (Å²) in [4.78, 5) is 0.0580. The molecule has 0 aliphatic heterocycles. The Morgan fingerprint density at radius 3 is 2.29 bits per heavy atom. The van der Waals surface area contributed by atoms with E-state index in [4.69, 9.17) is 37.8 Å². The lowest BCUT2D eigenvalue weighted by molar-refractivity contribution is 0.282. The molecule has 0 radical (unpaired) electrons. The van der Waals surface area contributed by atoms with E-state index < -0.39 is 10.0 Å². The zero-order valence-electron chi connectivity index (χ0n) is 16.4. The maximum Gasteiger partial charge on any atom is 0.238 e. The number of sulfonamides is 1. The van der Waals surface area contributed by atoms with E-state index in [0.717, 1.165) is 11.3 Å². The molecule has 0 amide bonds. The van der Waals surface area contributed by atoms with Crippen molar-refractivity contribution in [2.45, 2.75) is 18.0 Å². The highest BCUT2D eigenvalue weighted by Gasteiger charge is 2.14. The van der Waals surface area contributed by atoms with Crippen molar-refractivity contribution in [1.82, 2.24) is 0 Å². The highest BCUT2D eigenvalue weighted by Crippen LogP contribution is 2.38. The van der Waals surface area contributed by atoms with Crippen LogP contribution < -0.4 is 19.9 Å². The summed E-state index contributed by atoms with van der Waals surface area (Å²) in [5, 5.41) is 9.39. The second-order valence-corrected chi connectivity index (χ2v) is 9.75. The molecule has 3 N–H and O–H groups in total. The van der Waals surface area contributed by atoms with E-state index in [0.29, 0.717) is 38.1 Å². The van der Waals surface area contributed by atoms with Gasteiger partial charge in [-0.15, -0.1) is 0 Å². The van der Waals surface area contributed by atoms with E-state index in [-0.39, 0.29) is 11.5 Å². The number of rotatable bonds is 8. The lowest BCUT2D eigenvalue weighted by Gasteiger charge is -2.16. The Hall–Kier alpha value is -1.97. The first-order valence-electron chi connectivity index (χ1n) is 8.98. The van der Waals surface area contributed by atoms with Crippen LogP contribution in [-0.4, -0.2) is 15.5 Å². The van der Waals surface area contributed by atoms with Gasteiger partial charge < -0.3 is 14.8 Å². The van der Waals surface area contributed by atoms with Crippen LogP contribution in [0.1, 0.15) is 11.1 Å². The predicted octanol–water partition coefficient (Wildman–Crippen LogP) is 5.60. The molecule has 6 nitrogen and oxygen atoms in total. The molecule has 0 aromatic heterocycles. The van der Waals surface area contributed by atoms with Crippen LogP contribution in [0.5, 0.6) is 11.5 Å². The summed E-state index contributed by atoms with van der Waals surface area (Å²) in [7, 11) is -2.16. The number of anilines is 1. The number of nitrogens with two attached hydrogens (primary N) is 1. The summed E-state index contributed by atoms with van der Waals surface area (Å²) < 4.78 is 34.8. The smallest absolute Gasteiger partial charge is 0.238 e. The number of ether oxygens (including phenoxy) is 2. The number of primary sulfonamides is 1. The maximum atomic E-state index is 11.4. The molecular formula is C21H19BrCl2N2O4S. The van der Waals surface area contributed by atoms with Gasteiger partial charge in [0, 0.05) is 27.8 Å². The minimum absolute atomic E-state index is 0.0580. The standard InChI is InChI=1S/C21H19BrCl2N2O4S/c1-29-20-10-13(11-26-14-5-7-15(8-6-14)31(25,27)28)9-17(22)21(20)30-12-16-18(23)3-2-4-19(16)24/h2-10,26H,11-12H2,1H3,(H2,25,27,28). The van der Waals surface area contributed by atoms with E-state index >= 15 is 0 Å². The van der Waals surface area contributed by atoms with Crippen LogP contribution >= 0.6 is 39.1 Å². The minimum Gasteiger partial charge on any atom is -0.493 e. The maximum absolute atomic E-state index is 11.4. The number of methoxy groups -OCH3 is 1. The van der Waals surface area contributed by atoms with Gasteiger partial charge in [-0.25, -0.2) is 13.6 Å². The third kappa shape index (κ3) is 6.05. The van der Waals surface area contributed by atoms with Gasteiger partial charge in [-0.2, -0.15) is 0 Å². The van der Waals surface area contributed by atoms with E-state index in [1.54, 1.807) is 37.4 Å². The molecule has 0 unspecified atom stereocenters. The summed E-state index contributed by atoms with van der Waals surface area (Å²) in [6.07, 6.45) is 0. The molecule has 3 aromatic carbocycles. The second-order valence-electron chi connectivity index (χ2n) is 6.52. The number of nitrogens with one attached hydrogen (secondary N) is 1. The topological polar surface area (TPSA) is 90.6 Å². The van der Waals surface area contributed by atoms with Crippen molar-refractivity contribution in [1.29, 1.82) is 0 Å². The molecule has 0 bridgehead atoms. The van der Waals surface area contributed by atoms with Crippen molar-refractivity contribution in [3.8, 4) is 11.5 Å². The van der Waals surface area contributed by atoms with Crippen LogP contribution in [0.2, 0.25) is 10.0 Å². The van der Waals surface area contributed by atoms with Crippen molar-refractivity contribution in [3.63, 3.8) is 0 Å². The van der Waals surface area contributed by atoms with Crippen molar-refractivity contribution in [2.75, 3.05) is 12.4 Å². The van der Waals surface area contributed by atoms with E-state index in [1.807, 2.05) is 12.1 Å². The largest absolute Gasteiger partial charge is 0.493 e. The average molecular weight is 546 g/mol. The van der Waals surface area contributed by atoms with Crippen molar-refractivity contribution in [3.05, 3.63) is 80.2 Å². The number of benzene rings is 3. The first-order chi connectivity index (χ1) is 14.7. The van der Waals surface area contributed by atoms with Gasteiger partial charge in [0.1, 0.15) is 6.61 Å². The molecule has 0 fully saturated rings. The number of halogens is 3. The Morgan fingerprint density at radius 1 is 1.06 bits per heavy atom. The quantitative estimate of drug-likeness (QED) is 0.384. The van der Waals surface area contributed by atoms with Gasteiger partial charge in [0.05, 0.1) is 16.5 Å². The SMILES string of the molecule is COc1cc(CNc2ccc(S(N)(=O)=O)cc2)cc(Br)c1OCc1c(Cl)cccc1Cl. The molecular weight excluding hydrogens is 527 g/mol. The van der Waals surface area contributed by atoms with E-state index in [9.17, 15) is 8.42 Å². The molecule has 0 heterocycles. The van der Waals surface area contributed by atoms with Crippen LogP contribution in [0.3, 0.4) is 0 Å². The zero-order valence-corrected chi connectivity index (χ0v) is 20.3. The van der Waals surface area contributed by atoms with Gasteiger partial charge in [0.2, 0.25) is 10.0 Å². The van der Waals surface area contributed by atoms with Gasteiger partial charge in [-0.05, 0) is 70.0 Å². The van der Waals surface area contributed by atoms with Crippen LogP contribution in [-0.2, 0) is 23.2 Å². The summed E-state index contributed by atoms with van der Waals surface area (Å²) in [6, 6.07) is 15.2. The van der Waals surface area contributed by atoms with Gasteiger partial charge in [-0.1, -0.05) is 29.3 Å².